The average molecular weight is 425 g/mol. The van der Waals surface area contributed by atoms with E-state index in [1.54, 1.807) is 11.3 Å². The lowest BCUT2D eigenvalue weighted by Crippen LogP contribution is -2.19. The lowest BCUT2D eigenvalue weighted by atomic mass is 9.97. The van der Waals surface area contributed by atoms with Gasteiger partial charge in [0, 0.05) is 17.3 Å². The summed E-state index contributed by atoms with van der Waals surface area (Å²) in [5.41, 5.74) is 2.24. The monoisotopic (exact) mass is 424 g/mol. The number of nitrogens with zero attached hydrogens (tertiary/aromatic N) is 2. The Kier molecular flexibility index (Phi) is 7.97. The van der Waals surface area contributed by atoms with Gasteiger partial charge < -0.3 is 9.47 Å². The van der Waals surface area contributed by atoms with Crippen molar-refractivity contribution in [1.82, 2.24) is 9.97 Å². The van der Waals surface area contributed by atoms with Crippen LogP contribution in [-0.4, -0.2) is 22.5 Å². The quantitative estimate of drug-likeness (QED) is 0.403. The summed E-state index contributed by atoms with van der Waals surface area (Å²) in [6, 6.07) is 12.0. The highest BCUT2D eigenvalue weighted by Crippen LogP contribution is 2.26. The van der Waals surface area contributed by atoms with Gasteiger partial charge in [0.1, 0.15) is 12.4 Å². The third-order valence-corrected chi connectivity index (χ3v) is 5.95. The Morgan fingerprint density at radius 3 is 2.37 bits per heavy atom. The van der Waals surface area contributed by atoms with Gasteiger partial charge in [-0.2, -0.15) is 0 Å². The van der Waals surface area contributed by atoms with E-state index in [2.05, 4.69) is 23.0 Å². The maximum absolute atomic E-state index is 12.0. The molecule has 0 radical (unpaired) electrons. The molecule has 6 heteroatoms. The van der Waals surface area contributed by atoms with Crippen LogP contribution in [0.15, 0.2) is 48.8 Å². The van der Waals surface area contributed by atoms with Crippen molar-refractivity contribution in [2.75, 3.05) is 6.61 Å². The molecule has 3 aromatic rings. The molecule has 0 amide bonds. The first kappa shape index (κ1) is 22.0. The fourth-order valence-corrected chi connectivity index (χ4v) is 3.92. The van der Waals surface area contributed by atoms with Crippen LogP contribution in [0.5, 0.6) is 5.75 Å². The summed E-state index contributed by atoms with van der Waals surface area (Å²) in [5.74, 6) is 1.33. The summed E-state index contributed by atoms with van der Waals surface area (Å²) in [6.07, 6.45) is 6.14. The predicted octanol–water partition coefficient (Wildman–Crippen LogP) is 5.48. The van der Waals surface area contributed by atoms with Crippen LogP contribution in [0.1, 0.15) is 43.2 Å². The van der Waals surface area contributed by atoms with Gasteiger partial charge in [-0.3, -0.25) is 4.79 Å². The Balaban J connectivity index is 1.55. The highest BCUT2D eigenvalue weighted by atomic mass is 32.1. The van der Waals surface area contributed by atoms with E-state index < -0.39 is 0 Å². The minimum Gasteiger partial charge on any atom is -0.488 e. The Labute approximate surface area is 182 Å². The summed E-state index contributed by atoms with van der Waals surface area (Å²) in [4.78, 5) is 23.0. The van der Waals surface area contributed by atoms with Gasteiger partial charge in [-0.25, -0.2) is 9.97 Å². The third-order valence-electron chi connectivity index (χ3n) is 4.89. The molecule has 1 atom stereocenters. The maximum Gasteiger partial charge on any atom is 0.309 e. The molecule has 0 aliphatic heterocycles. The first-order valence-electron chi connectivity index (χ1n) is 10.4. The van der Waals surface area contributed by atoms with Crippen LogP contribution in [0.3, 0.4) is 0 Å². The van der Waals surface area contributed by atoms with Gasteiger partial charge in [0.15, 0.2) is 5.82 Å². The molecule has 30 heavy (non-hydrogen) atoms. The molecular formula is C24H28N2O3S. The van der Waals surface area contributed by atoms with Crippen LogP contribution in [-0.2, 0) is 29.0 Å². The number of hydrogen-bond donors (Lipinski definition) is 0. The van der Waals surface area contributed by atoms with Crippen LogP contribution < -0.4 is 4.74 Å². The molecule has 1 aromatic carbocycles. The molecule has 0 fully saturated rings. The van der Waals surface area contributed by atoms with Gasteiger partial charge in [0.05, 0.1) is 17.4 Å². The highest BCUT2D eigenvalue weighted by Gasteiger charge is 2.18. The smallest absolute Gasteiger partial charge is 0.309 e. The van der Waals surface area contributed by atoms with Crippen LogP contribution >= 0.6 is 11.3 Å². The summed E-state index contributed by atoms with van der Waals surface area (Å²) in [7, 11) is 0. The van der Waals surface area contributed by atoms with Crippen LogP contribution in [0.4, 0.5) is 0 Å². The summed E-state index contributed by atoms with van der Waals surface area (Å²) in [6.45, 7) is 6.86. The highest BCUT2D eigenvalue weighted by molar-refractivity contribution is 7.15. The van der Waals surface area contributed by atoms with Crippen molar-refractivity contribution in [3.63, 3.8) is 0 Å². The molecule has 0 saturated carbocycles. The summed E-state index contributed by atoms with van der Waals surface area (Å²) < 4.78 is 11.1. The number of carbonyl (C=O) groups excluding carboxylic acids is 1. The number of aromatic nitrogens is 2. The SMILES string of the molecule is CCOC(=O)C(CC)Cc1ccc(OCc2ccc(-c3ncc(CC)cn3)s2)cc1. The molecule has 5 nitrogen and oxygen atoms in total. The second-order valence-corrected chi connectivity index (χ2v) is 8.20. The van der Waals surface area contributed by atoms with Crippen molar-refractivity contribution < 1.29 is 14.3 Å². The molecule has 1 unspecified atom stereocenters. The molecule has 0 N–H and O–H groups in total. The number of hydrogen-bond acceptors (Lipinski definition) is 6. The van der Waals surface area contributed by atoms with E-state index in [9.17, 15) is 4.79 Å². The lowest BCUT2D eigenvalue weighted by molar-refractivity contribution is -0.148. The molecule has 2 heterocycles. The Morgan fingerprint density at radius 2 is 1.73 bits per heavy atom. The fourth-order valence-electron chi connectivity index (χ4n) is 3.06. The van der Waals surface area contributed by atoms with Crippen molar-refractivity contribution in [2.24, 2.45) is 5.92 Å². The van der Waals surface area contributed by atoms with Crippen LogP contribution in [0.25, 0.3) is 10.7 Å². The van der Waals surface area contributed by atoms with Gasteiger partial charge in [0.2, 0.25) is 0 Å². The van der Waals surface area contributed by atoms with Gasteiger partial charge in [-0.15, -0.1) is 11.3 Å². The molecule has 2 aromatic heterocycles. The van der Waals surface area contributed by atoms with Gasteiger partial charge in [-0.05, 0) is 61.6 Å². The summed E-state index contributed by atoms with van der Waals surface area (Å²) in [5, 5.41) is 0. The molecular weight excluding hydrogens is 396 g/mol. The number of rotatable bonds is 10. The van der Waals surface area contributed by atoms with E-state index >= 15 is 0 Å². The van der Waals surface area contributed by atoms with Crippen molar-refractivity contribution >= 4 is 17.3 Å². The van der Waals surface area contributed by atoms with Crippen molar-refractivity contribution in [1.29, 1.82) is 0 Å². The number of benzene rings is 1. The number of esters is 1. The Bertz CT molecular complexity index is 936. The maximum atomic E-state index is 12.0. The van der Waals surface area contributed by atoms with E-state index in [1.807, 2.05) is 56.6 Å². The molecule has 0 bridgehead atoms. The van der Waals surface area contributed by atoms with E-state index in [0.717, 1.165) is 45.3 Å². The zero-order chi connectivity index (χ0) is 21.3. The first-order valence-corrected chi connectivity index (χ1v) is 11.2. The zero-order valence-electron chi connectivity index (χ0n) is 17.8. The average Bonchev–Trinajstić information content (AvgIpc) is 3.26. The largest absolute Gasteiger partial charge is 0.488 e. The van der Waals surface area contributed by atoms with Gasteiger partial charge in [-0.1, -0.05) is 26.0 Å². The van der Waals surface area contributed by atoms with Gasteiger partial charge in [0.25, 0.3) is 0 Å². The van der Waals surface area contributed by atoms with Crippen molar-refractivity contribution in [3.8, 4) is 16.5 Å². The molecule has 0 saturated heterocycles. The number of aryl methyl sites for hydroxylation is 1. The minimum atomic E-state index is -0.123. The molecule has 0 aliphatic carbocycles. The summed E-state index contributed by atoms with van der Waals surface area (Å²) >= 11 is 1.64. The standard InChI is InChI=1S/C24H28N2O3S/c1-4-17-14-25-23(26-15-17)22-12-11-21(30-22)16-29-20-9-7-18(8-10-20)13-19(5-2)24(27)28-6-3/h7-12,14-15,19H,4-6,13,16H2,1-3H3. The van der Waals surface area contributed by atoms with Crippen LogP contribution in [0.2, 0.25) is 0 Å². The molecule has 3 rings (SSSR count). The van der Waals surface area contributed by atoms with Gasteiger partial charge >= 0.3 is 5.97 Å². The lowest BCUT2D eigenvalue weighted by Gasteiger charge is -2.14. The molecule has 0 aliphatic rings. The second kappa shape index (κ2) is 10.9. The minimum absolute atomic E-state index is 0.102. The van der Waals surface area contributed by atoms with E-state index in [1.165, 1.54) is 0 Å². The normalized spacial score (nSPS) is 11.8. The molecule has 158 valence electrons. The molecule has 0 spiro atoms. The van der Waals surface area contributed by atoms with E-state index in [4.69, 9.17) is 9.47 Å². The van der Waals surface area contributed by atoms with Crippen LogP contribution in [0, 0.1) is 5.92 Å². The number of carbonyl (C=O) groups is 1. The number of ether oxygens (including phenoxy) is 2. The third kappa shape index (κ3) is 5.89. The zero-order valence-corrected chi connectivity index (χ0v) is 18.6. The Morgan fingerprint density at radius 1 is 1.00 bits per heavy atom. The van der Waals surface area contributed by atoms with Crippen molar-refractivity contribution in [2.45, 2.75) is 46.6 Å². The number of thiophene rings is 1. The first-order chi connectivity index (χ1) is 14.6. The topological polar surface area (TPSA) is 61.3 Å². The van der Waals surface area contributed by atoms with Crippen molar-refractivity contribution in [3.05, 3.63) is 64.8 Å². The van der Waals surface area contributed by atoms with E-state index in [-0.39, 0.29) is 11.9 Å². The predicted molar refractivity (Wildman–Crippen MR) is 120 cm³/mol. The Hall–Kier alpha value is -2.73. The second-order valence-electron chi connectivity index (χ2n) is 7.03. The van der Waals surface area contributed by atoms with E-state index in [0.29, 0.717) is 19.6 Å². The fraction of sp³-hybridized carbons (Fsp3) is 0.375.